The number of hydrogen-bond donors (Lipinski definition) is 4. The van der Waals surface area contributed by atoms with Crippen LogP contribution in [0.2, 0.25) is 0 Å². The number of nitrogens with one attached hydrogen (secondary N) is 4. The minimum absolute atomic E-state index is 0.0633. The maximum atomic E-state index is 12.2. The van der Waals surface area contributed by atoms with Crippen molar-refractivity contribution in [2.45, 2.75) is 40.2 Å². The minimum Gasteiger partial charge on any atom is -0.376 e. The molecule has 0 aliphatic heterocycles. The van der Waals surface area contributed by atoms with Crippen LogP contribution in [0.25, 0.3) is 0 Å². The topological polar surface area (TPSA) is 99.3 Å². The highest BCUT2D eigenvalue weighted by molar-refractivity contribution is 5.97. The lowest BCUT2D eigenvalue weighted by atomic mass is 10.1. The normalized spacial score (nSPS) is 11.0. The molecular formula is C23H30N4O3. The molecule has 0 fully saturated rings. The maximum absolute atomic E-state index is 12.2. The van der Waals surface area contributed by atoms with E-state index in [9.17, 15) is 14.4 Å². The summed E-state index contributed by atoms with van der Waals surface area (Å²) >= 11 is 0. The summed E-state index contributed by atoms with van der Waals surface area (Å²) in [6, 6.07) is 13.9. The van der Waals surface area contributed by atoms with Crippen LogP contribution in [0.1, 0.15) is 45.0 Å². The summed E-state index contributed by atoms with van der Waals surface area (Å²) in [4.78, 5) is 36.2. The summed E-state index contributed by atoms with van der Waals surface area (Å²) in [7, 11) is 0. The summed E-state index contributed by atoms with van der Waals surface area (Å²) < 4.78 is 0. The van der Waals surface area contributed by atoms with Crippen molar-refractivity contribution in [2.75, 3.05) is 22.5 Å². The molecule has 0 radical (unpaired) electrons. The first-order chi connectivity index (χ1) is 14.0. The van der Waals surface area contributed by atoms with E-state index >= 15 is 0 Å². The molecule has 2 rings (SSSR count). The third-order valence-electron chi connectivity index (χ3n) is 4.03. The Balaban J connectivity index is 1.88. The molecule has 0 spiro atoms. The molecule has 0 aliphatic carbocycles. The number of amides is 3. The zero-order valence-electron chi connectivity index (χ0n) is 18.1. The predicted molar refractivity (Wildman–Crippen MR) is 121 cm³/mol. The monoisotopic (exact) mass is 410 g/mol. The van der Waals surface area contributed by atoms with E-state index < -0.39 is 0 Å². The van der Waals surface area contributed by atoms with Crippen LogP contribution in [0, 0.1) is 5.92 Å². The SMILES string of the molecule is CC(C)C(=O)Nc1cccc(NCC(=O)Nc2ccc(C(=O)NC(C)(C)C)cc2)c1. The van der Waals surface area contributed by atoms with Gasteiger partial charge >= 0.3 is 0 Å². The lowest BCUT2D eigenvalue weighted by molar-refractivity contribution is -0.119. The standard InChI is InChI=1S/C23H30N4O3/c1-15(2)21(29)26-19-8-6-7-18(13-19)24-14-20(28)25-17-11-9-16(10-12-17)22(30)27-23(3,4)5/h6-13,15,24H,14H2,1-5H3,(H,25,28)(H,26,29)(H,27,30). The molecule has 160 valence electrons. The quantitative estimate of drug-likeness (QED) is 0.557. The van der Waals surface area contributed by atoms with Gasteiger partial charge in [0.05, 0.1) is 6.54 Å². The molecule has 7 heteroatoms. The smallest absolute Gasteiger partial charge is 0.251 e. The molecule has 2 aromatic rings. The lowest BCUT2D eigenvalue weighted by Gasteiger charge is -2.20. The lowest BCUT2D eigenvalue weighted by Crippen LogP contribution is -2.40. The first-order valence-corrected chi connectivity index (χ1v) is 9.91. The van der Waals surface area contributed by atoms with Crippen molar-refractivity contribution in [1.82, 2.24) is 5.32 Å². The van der Waals surface area contributed by atoms with Crippen molar-refractivity contribution in [2.24, 2.45) is 5.92 Å². The van der Waals surface area contributed by atoms with E-state index in [-0.39, 0.29) is 35.7 Å². The van der Waals surface area contributed by atoms with Gasteiger partial charge < -0.3 is 21.3 Å². The van der Waals surface area contributed by atoms with Crippen LogP contribution < -0.4 is 21.3 Å². The average molecular weight is 411 g/mol. The fourth-order valence-corrected chi connectivity index (χ4v) is 2.50. The van der Waals surface area contributed by atoms with Crippen LogP contribution in [0.3, 0.4) is 0 Å². The van der Waals surface area contributed by atoms with Crippen molar-refractivity contribution in [3.05, 3.63) is 54.1 Å². The van der Waals surface area contributed by atoms with Gasteiger partial charge in [0.25, 0.3) is 5.91 Å². The van der Waals surface area contributed by atoms with Gasteiger partial charge in [-0.05, 0) is 63.2 Å². The van der Waals surface area contributed by atoms with Crippen molar-refractivity contribution in [3.8, 4) is 0 Å². The highest BCUT2D eigenvalue weighted by Gasteiger charge is 2.15. The molecule has 0 heterocycles. The van der Waals surface area contributed by atoms with Crippen molar-refractivity contribution in [1.29, 1.82) is 0 Å². The van der Waals surface area contributed by atoms with Gasteiger partial charge in [-0.15, -0.1) is 0 Å². The largest absolute Gasteiger partial charge is 0.376 e. The Morgan fingerprint density at radius 2 is 1.50 bits per heavy atom. The molecule has 0 aliphatic rings. The Labute approximate surface area is 177 Å². The van der Waals surface area contributed by atoms with Crippen LogP contribution >= 0.6 is 0 Å². The van der Waals surface area contributed by atoms with E-state index in [4.69, 9.17) is 0 Å². The van der Waals surface area contributed by atoms with Crippen LogP contribution in [-0.4, -0.2) is 29.8 Å². The summed E-state index contributed by atoms with van der Waals surface area (Å²) in [5.41, 5.74) is 2.21. The number of anilines is 3. The molecule has 2 aromatic carbocycles. The molecule has 3 amide bonds. The summed E-state index contributed by atoms with van der Waals surface area (Å²) in [5.74, 6) is -0.562. The maximum Gasteiger partial charge on any atom is 0.251 e. The zero-order chi connectivity index (χ0) is 22.3. The van der Waals surface area contributed by atoms with E-state index in [2.05, 4.69) is 21.3 Å². The van der Waals surface area contributed by atoms with Gasteiger partial charge in [0.1, 0.15) is 0 Å². The second-order valence-corrected chi connectivity index (χ2v) is 8.41. The van der Waals surface area contributed by atoms with Crippen LogP contribution in [0.4, 0.5) is 17.1 Å². The highest BCUT2D eigenvalue weighted by Crippen LogP contribution is 2.16. The van der Waals surface area contributed by atoms with E-state index in [1.807, 2.05) is 40.7 Å². The van der Waals surface area contributed by atoms with Crippen molar-refractivity contribution < 1.29 is 14.4 Å². The fourth-order valence-electron chi connectivity index (χ4n) is 2.50. The number of hydrogen-bond acceptors (Lipinski definition) is 4. The Kier molecular flexibility index (Phi) is 7.58. The van der Waals surface area contributed by atoms with Gasteiger partial charge in [-0.25, -0.2) is 0 Å². The van der Waals surface area contributed by atoms with Crippen molar-refractivity contribution >= 4 is 34.8 Å². The number of carbonyl (C=O) groups is 3. The minimum atomic E-state index is -0.315. The number of carbonyl (C=O) groups excluding carboxylic acids is 3. The van der Waals surface area contributed by atoms with E-state index in [1.165, 1.54) is 0 Å². The van der Waals surface area contributed by atoms with E-state index in [1.54, 1.807) is 42.5 Å². The molecule has 0 saturated heterocycles. The molecule has 0 saturated carbocycles. The average Bonchev–Trinajstić information content (AvgIpc) is 2.66. The number of benzene rings is 2. The van der Waals surface area contributed by atoms with E-state index in [0.29, 0.717) is 16.9 Å². The first kappa shape index (κ1) is 22.9. The fraction of sp³-hybridized carbons (Fsp3) is 0.348. The Morgan fingerprint density at radius 3 is 2.10 bits per heavy atom. The van der Waals surface area contributed by atoms with E-state index in [0.717, 1.165) is 5.69 Å². The van der Waals surface area contributed by atoms with Crippen LogP contribution in [-0.2, 0) is 9.59 Å². The van der Waals surface area contributed by atoms with Gasteiger partial charge in [-0.2, -0.15) is 0 Å². The molecule has 0 unspecified atom stereocenters. The molecule has 4 N–H and O–H groups in total. The molecule has 0 aromatic heterocycles. The molecule has 30 heavy (non-hydrogen) atoms. The third kappa shape index (κ3) is 7.58. The predicted octanol–water partition coefficient (Wildman–Crippen LogP) is 3.86. The van der Waals surface area contributed by atoms with Gasteiger partial charge in [-0.1, -0.05) is 19.9 Å². The van der Waals surface area contributed by atoms with Gasteiger partial charge in [0.15, 0.2) is 0 Å². The Hall–Kier alpha value is -3.35. The third-order valence-corrected chi connectivity index (χ3v) is 4.03. The molecule has 7 nitrogen and oxygen atoms in total. The number of rotatable bonds is 7. The summed E-state index contributed by atoms with van der Waals surface area (Å²) in [6.07, 6.45) is 0. The molecular weight excluding hydrogens is 380 g/mol. The summed E-state index contributed by atoms with van der Waals surface area (Å²) in [6.45, 7) is 9.46. The second-order valence-electron chi connectivity index (χ2n) is 8.41. The highest BCUT2D eigenvalue weighted by atomic mass is 16.2. The Bertz CT molecular complexity index is 899. The first-order valence-electron chi connectivity index (χ1n) is 9.91. The summed E-state index contributed by atoms with van der Waals surface area (Å²) in [5, 5.41) is 11.5. The second kappa shape index (κ2) is 9.91. The van der Waals surface area contributed by atoms with Gasteiger partial charge in [-0.3, -0.25) is 14.4 Å². The van der Waals surface area contributed by atoms with Gasteiger partial charge in [0.2, 0.25) is 11.8 Å². The van der Waals surface area contributed by atoms with Crippen LogP contribution in [0.5, 0.6) is 0 Å². The van der Waals surface area contributed by atoms with Gasteiger partial charge in [0, 0.05) is 34.1 Å². The molecule has 0 atom stereocenters. The zero-order valence-corrected chi connectivity index (χ0v) is 18.1. The van der Waals surface area contributed by atoms with Crippen molar-refractivity contribution in [3.63, 3.8) is 0 Å². The Morgan fingerprint density at radius 1 is 0.867 bits per heavy atom. The van der Waals surface area contributed by atoms with Crippen LogP contribution in [0.15, 0.2) is 48.5 Å². The molecule has 0 bridgehead atoms.